The zero-order chi connectivity index (χ0) is 15.2. The Balaban J connectivity index is 2.41. The van der Waals surface area contributed by atoms with Crippen LogP contribution in [0.3, 0.4) is 0 Å². The maximum absolute atomic E-state index is 9.83. The van der Waals surface area contributed by atoms with Crippen LogP contribution in [0.4, 0.5) is 0 Å². The lowest BCUT2D eigenvalue weighted by Gasteiger charge is -2.22. The molecule has 0 aliphatic heterocycles. The maximum atomic E-state index is 9.83. The van der Waals surface area contributed by atoms with Gasteiger partial charge in [-0.05, 0) is 32.9 Å². The van der Waals surface area contributed by atoms with Gasteiger partial charge in [-0.1, -0.05) is 17.7 Å². The Labute approximate surface area is 126 Å². The van der Waals surface area contributed by atoms with E-state index in [9.17, 15) is 5.11 Å². The van der Waals surface area contributed by atoms with Crippen molar-refractivity contribution in [1.82, 2.24) is 5.32 Å². The van der Waals surface area contributed by atoms with Crippen molar-refractivity contribution in [3.05, 3.63) is 28.8 Å². The van der Waals surface area contributed by atoms with Gasteiger partial charge >= 0.3 is 0 Å². The van der Waals surface area contributed by atoms with Crippen LogP contribution in [0.15, 0.2) is 18.2 Å². The van der Waals surface area contributed by atoms with Gasteiger partial charge in [-0.15, -0.1) is 0 Å². The van der Waals surface area contributed by atoms with Gasteiger partial charge in [0.2, 0.25) is 0 Å². The molecule has 0 radical (unpaired) electrons. The van der Waals surface area contributed by atoms with Crippen LogP contribution in [0.1, 0.15) is 26.3 Å². The summed E-state index contributed by atoms with van der Waals surface area (Å²) in [6.07, 6.45) is -0.553. The fraction of sp³-hybridized carbons (Fsp3) is 0.600. The molecule has 0 amide bonds. The molecule has 20 heavy (non-hydrogen) atoms. The van der Waals surface area contributed by atoms with Crippen LogP contribution in [0.2, 0.25) is 5.02 Å². The Kier molecular flexibility index (Phi) is 6.76. The molecule has 0 heterocycles. The lowest BCUT2D eigenvalue weighted by atomic mass is 10.2. The van der Waals surface area contributed by atoms with Crippen molar-refractivity contribution >= 4 is 11.6 Å². The predicted octanol–water partition coefficient (Wildman–Crippen LogP) is 2.61. The number of nitrogens with one attached hydrogen (secondary N) is 1. The summed E-state index contributed by atoms with van der Waals surface area (Å²) in [5.41, 5.74) is 0.646. The van der Waals surface area contributed by atoms with Crippen molar-refractivity contribution in [3.8, 4) is 5.75 Å². The highest BCUT2D eigenvalue weighted by atomic mass is 35.5. The Morgan fingerprint density at radius 3 is 2.65 bits per heavy atom. The van der Waals surface area contributed by atoms with E-state index in [0.29, 0.717) is 24.7 Å². The van der Waals surface area contributed by atoms with Crippen LogP contribution in [-0.2, 0) is 11.3 Å². The fourth-order valence-electron chi connectivity index (χ4n) is 1.67. The van der Waals surface area contributed by atoms with Crippen LogP contribution in [0.25, 0.3) is 0 Å². The van der Waals surface area contributed by atoms with Crippen molar-refractivity contribution in [3.63, 3.8) is 0 Å². The van der Waals surface area contributed by atoms with Gasteiger partial charge in [0.1, 0.15) is 5.75 Å². The molecular weight excluding hydrogens is 278 g/mol. The van der Waals surface area contributed by atoms with Gasteiger partial charge in [0.15, 0.2) is 0 Å². The van der Waals surface area contributed by atoms with E-state index in [-0.39, 0.29) is 5.60 Å². The third-order valence-electron chi connectivity index (χ3n) is 2.69. The Morgan fingerprint density at radius 1 is 1.35 bits per heavy atom. The number of methoxy groups -OCH3 is 1. The molecule has 0 spiro atoms. The highest BCUT2D eigenvalue weighted by Gasteiger charge is 2.14. The quantitative estimate of drug-likeness (QED) is 0.813. The summed E-state index contributed by atoms with van der Waals surface area (Å²) in [5, 5.41) is 13.6. The van der Waals surface area contributed by atoms with E-state index in [0.717, 1.165) is 11.3 Å². The third kappa shape index (κ3) is 6.09. The Bertz CT molecular complexity index is 418. The third-order valence-corrected chi connectivity index (χ3v) is 3.04. The molecule has 0 aliphatic carbocycles. The maximum Gasteiger partial charge on any atom is 0.124 e. The molecule has 1 unspecified atom stereocenters. The Morgan fingerprint density at radius 2 is 2.05 bits per heavy atom. The second-order valence-electron chi connectivity index (χ2n) is 5.63. The van der Waals surface area contributed by atoms with Gasteiger partial charge in [0, 0.05) is 23.7 Å². The summed E-state index contributed by atoms with van der Waals surface area (Å²) in [6, 6.07) is 5.53. The fourth-order valence-corrected chi connectivity index (χ4v) is 1.90. The summed E-state index contributed by atoms with van der Waals surface area (Å²) >= 11 is 6.14. The molecule has 1 atom stereocenters. The minimum absolute atomic E-state index is 0.243. The molecule has 0 aliphatic rings. The van der Waals surface area contributed by atoms with Crippen LogP contribution in [0, 0.1) is 0 Å². The topological polar surface area (TPSA) is 50.7 Å². The lowest BCUT2D eigenvalue weighted by Crippen LogP contribution is -2.33. The number of aliphatic hydroxyl groups excluding tert-OH is 1. The largest absolute Gasteiger partial charge is 0.496 e. The zero-order valence-electron chi connectivity index (χ0n) is 12.6. The van der Waals surface area contributed by atoms with Gasteiger partial charge in [-0.25, -0.2) is 0 Å². The second-order valence-corrected chi connectivity index (χ2v) is 6.04. The van der Waals surface area contributed by atoms with E-state index in [1.165, 1.54) is 0 Å². The van der Waals surface area contributed by atoms with Crippen molar-refractivity contribution in [1.29, 1.82) is 0 Å². The Hall–Kier alpha value is -0.810. The zero-order valence-corrected chi connectivity index (χ0v) is 13.3. The smallest absolute Gasteiger partial charge is 0.124 e. The standard InChI is InChI=1S/C15H24ClNO3/c1-15(2,3)20-10-11(18)8-17-9-12-13(16)6-5-7-14(12)19-4/h5-7,11,17-18H,8-10H2,1-4H3. The summed E-state index contributed by atoms with van der Waals surface area (Å²) < 4.78 is 10.8. The molecule has 4 nitrogen and oxygen atoms in total. The monoisotopic (exact) mass is 301 g/mol. The molecule has 0 fully saturated rings. The molecule has 1 aromatic carbocycles. The number of aliphatic hydroxyl groups is 1. The van der Waals surface area contributed by atoms with Crippen molar-refractivity contribution in [2.75, 3.05) is 20.3 Å². The molecule has 1 aromatic rings. The predicted molar refractivity (Wildman–Crippen MR) is 81.4 cm³/mol. The lowest BCUT2D eigenvalue weighted by molar-refractivity contribution is -0.0479. The number of rotatable bonds is 7. The van der Waals surface area contributed by atoms with E-state index in [2.05, 4.69) is 5.32 Å². The van der Waals surface area contributed by atoms with E-state index < -0.39 is 6.10 Å². The molecule has 0 saturated heterocycles. The molecule has 114 valence electrons. The average molecular weight is 302 g/mol. The average Bonchev–Trinajstić information content (AvgIpc) is 2.37. The van der Waals surface area contributed by atoms with Crippen LogP contribution in [0.5, 0.6) is 5.75 Å². The van der Waals surface area contributed by atoms with Gasteiger partial charge in [-0.3, -0.25) is 0 Å². The molecule has 1 rings (SSSR count). The van der Waals surface area contributed by atoms with Crippen LogP contribution in [-0.4, -0.2) is 37.1 Å². The van der Waals surface area contributed by atoms with E-state index in [1.54, 1.807) is 7.11 Å². The minimum atomic E-state index is -0.553. The van der Waals surface area contributed by atoms with Gasteiger partial charge in [0.25, 0.3) is 0 Å². The summed E-state index contributed by atoms with van der Waals surface area (Å²) in [5.74, 6) is 0.741. The van der Waals surface area contributed by atoms with E-state index in [4.69, 9.17) is 21.1 Å². The molecule has 2 N–H and O–H groups in total. The first-order valence-corrected chi connectivity index (χ1v) is 7.05. The summed E-state index contributed by atoms with van der Waals surface area (Å²) in [7, 11) is 1.61. The molecular formula is C15H24ClNO3. The molecule has 0 aromatic heterocycles. The molecule has 0 saturated carbocycles. The SMILES string of the molecule is COc1cccc(Cl)c1CNCC(O)COC(C)(C)C. The number of halogens is 1. The first kappa shape index (κ1) is 17.2. The normalized spacial score (nSPS) is 13.3. The van der Waals surface area contributed by atoms with E-state index >= 15 is 0 Å². The minimum Gasteiger partial charge on any atom is -0.496 e. The highest BCUT2D eigenvalue weighted by Crippen LogP contribution is 2.25. The van der Waals surface area contributed by atoms with Gasteiger partial charge in [-0.2, -0.15) is 0 Å². The van der Waals surface area contributed by atoms with E-state index in [1.807, 2.05) is 39.0 Å². The van der Waals surface area contributed by atoms with Gasteiger partial charge in [0.05, 0.1) is 25.4 Å². The summed E-state index contributed by atoms with van der Waals surface area (Å²) in [6.45, 7) is 7.15. The van der Waals surface area contributed by atoms with Crippen molar-refractivity contribution in [2.45, 2.75) is 39.0 Å². The van der Waals surface area contributed by atoms with Crippen molar-refractivity contribution < 1.29 is 14.6 Å². The first-order chi connectivity index (χ1) is 9.33. The first-order valence-electron chi connectivity index (χ1n) is 6.67. The number of benzene rings is 1. The number of ether oxygens (including phenoxy) is 2. The number of hydrogen-bond donors (Lipinski definition) is 2. The van der Waals surface area contributed by atoms with Crippen LogP contribution >= 0.6 is 11.6 Å². The van der Waals surface area contributed by atoms with Crippen molar-refractivity contribution in [2.24, 2.45) is 0 Å². The summed E-state index contributed by atoms with van der Waals surface area (Å²) in [4.78, 5) is 0. The molecule has 0 bridgehead atoms. The highest BCUT2D eigenvalue weighted by molar-refractivity contribution is 6.31. The van der Waals surface area contributed by atoms with Gasteiger partial charge < -0.3 is 19.9 Å². The molecule has 5 heteroatoms. The second kappa shape index (κ2) is 7.84. The number of hydrogen-bond acceptors (Lipinski definition) is 4. The van der Waals surface area contributed by atoms with Crippen LogP contribution < -0.4 is 10.1 Å².